The number of anilines is 1. The molecule has 0 aliphatic rings. The smallest absolute Gasteiger partial charge is 0.0931 e. The fraction of sp³-hybridized carbons (Fsp3) is 0.0909. The van der Waals surface area contributed by atoms with Crippen LogP contribution in [0.15, 0.2) is 36.4 Å². The Hall–Kier alpha value is -0.260. The van der Waals surface area contributed by atoms with Gasteiger partial charge in [-0.15, -0.1) is 11.3 Å². The largest absolute Gasteiger partial charge is 0.380 e. The fourth-order valence-corrected chi connectivity index (χ4v) is 2.59. The lowest BCUT2D eigenvalue weighted by Crippen LogP contribution is -1.96. The Morgan fingerprint density at radius 2 is 1.87 bits per heavy atom. The second-order valence-corrected chi connectivity index (χ2v) is 6.11. The first-order chi connectivity index (χ1) is 7.24. The maximum Gasteiger partial charge on any atom is 0.0931 e. The number of nitrogens with one attached hydrogen (secondary N) is 1. The fourth-order valence-electron chi connectivity index (χ4n) is 1.20. The molecule has 0 amide bonds. The molecule has 1 aromatic heterocycles. The number of hydrogen-bond acceptors (Lipinski definition) is 2. The van der Waals surface area contributed by atoms with Crippen LogP contribution in [0.25, 0.3) is 0 Å². The van der Waals surface area contributed by atoms with Gasteiger partial charge in [0.05, 0.1) is 4.34 Å². The van der Waals surface area contributed by atoms with E-state index < -0.39 is 0 Å². The molecule has 0 fully saturated rings. The first-order valence-corrected chi connectivity index (χ1v) is 6.75. The zero-order chi connectivity index (χ0) is 10.7. The van der Waals surface area contributed by atoms with Gasteiger partial charge in [-0.2, -0.15) is 0 Å². The van der Waals surface area contributed by atoms with Crippen molar-refractivity contribution in [3.63, 3.8) is 0 Å². The van der Waals surface area contributed by atoms with Crippen molar-refractivity contribution in [1.82, 2.24) is 0 Å². The van der Waals surface area contributed by atoms with E-state index in [2.05, 4.69) is 52.2 Å². The van der Waals surface area contributed by atoms with Gasteiger partial charge in [-0.25, -0.2) is 0 Å². The standard InChI is InChI=1S/C11H9ClINS/c12-11-6-5-10(15-11)7-14-9-3-1-8(13)2-4-9/h1-6,14H,7H2. The summed E-state index contributed by atoms with van der Waals surface area (Å²) in [5.74, 6) is 0. The minimum Gasteiger partial charge on any atom is -0.380 e. The van der Waals surface area contributed by atoms with Crippen LogP contribution in [0.4, 0.5) is 5.69 Å². The van der Waals surface area contributed by atoms with Crippen LogP contribution >= 0.6 is 45.5 Å². The highest BCUT2D eigenvalue weighted by molar-refractivity contribution is 14.1. The van der Waals surface area contributed by atoms with Gasteiger partial charge in [0.2, 0.25) is 0 Å². The molecule has 0 atom stereocenters. The van der Waals surface area contributed by atoms with E-state index in [1.807, 2.05) is 12.1 Å². The van der Waals surface area contributed by atoms with Crippen LogP contribution in [-0.2, 0) is 6.54 Å². The molecule has 2 aromatic rings. The quantitative estimate of drug-likeness (QED) is 0.797. The Bertz CT molecular complexity index is 438. The average molecular weight is 350 g/mol. The molecule has 0 aliphatic heterocycles. The zero-order valence-corrected chi connectivity index (χ0v) is 11.6. The minimum atomic E-state index is 0.831. The van der Waals surface area contributed by atoms with Gasteiger partial charge in [0, 0.05) is 20.7 Å². The van der Waals surface area contributed by atoms with Crippen LogP contribution in [0.2, 0.25) is 4.34 Å². The Kier molecular flexibility index (Phi) is 3.88. The average Bonchev–Trinajstić information content (AvgIpc) is 2.64. The second kappa shape index (κ2) is 5.18. The third kappa shape index (κ3) is 3.36. The first-order valence-electron chi connectivity index (χ1n) is 4.48. The monoisotopic (exact) mass is 349 g/mol. The molecule has 0 bridgehead atoms. The van der Waals surface area contributed by atoms with Gasteiger partial charge in [-0.05, 0) is 59.0 Å². The van der Waals surface area contributed by atoms with Crippen molar-refractivity contribution in [1.29, 1.82) is 0 Å². The summed E-state index contributed by atoms with van der Waals surface area (Å²) in [4.78, 5) is 1.25. The number of rotatable bonds is 3. The van der Waals surface area contributed by atoms with Gasteiger partial charge in [0.1, 0.15) is 0 Å². The molecule has 2 rings (SSSR count). The van der Waals surface area contributed by atoms with Crippen molar-refractivity contribution in [2.24, 2.45) is 0 Å². The van der Waals surface area contributed by atoms with E-state index in [0.717, 1.165) is 16.6 Å². The highest BCUT2D eigenvalue weighted by Crippen LogP contribution is 2.22. The van der Waals surface area contributed by atoms with Gasteiger partial charge in [0.25, 0.3) is 0 Å². The summed E-state index contributed by atoms with van der Waals surface area (Å²) in [5, 5.41) is 3.35. The molecular weight excluding hydrogens is 341 g/mol. The third-order valence-corrected chi connectivity index (χ3v) is 3.89. The van der Waals surface area contributed by atoms with Crippen molar-refractivity contribution in [2.75, 3.05) is 5.32 Å². The van der Waals surface area contributed by atoms with E-state index in [1.54, 1.807) is 11.3 Å². The summed E-state index contributed by atoms with van der Waals surface area (Å²) in [5.41, 5.74) is 1.14. The number of halogens is 2. The lowest BCUT2D eigenvalue weighted by atomic mass is 10.3. The van der Waals surface area contributed by atoms with Gasteiger partial charge in [-0.1, -0.05) is 11.6 Å². The Balaban J connectivity index is 1.96. The molecule has 0 spiro atoms. The topological polar surface area (TPSA) is 12.0 Å². The van der Waals surface area contributed by atoms with E-state index in [1.165, 1.54) is 8.45 Å². The summed E-state index contributed by atoms with van der Waals surface area (Å²) in [6.45, 7) is 0.831. The van der Waals surface area contributed by atoms with E-state index in [4.69, 9.17) is 11.6 Å². The van der Waals surface area contributed by atoms with E-state index >= 15 is 0 Å². The molecule has 4 heteroatoms. The van der Waals surface area contributed by atoms with Crippen LogP contribution < -0.4 is 5.32 Å². The number of thiophene rings is 1. The third-order valence-electron chi connectivity index (χ3n) is 1.94. The molecule has 0 saturated carbocycles. The molecule has 1 N–H and O–H groups in total. The van der Waals surface area contributed by atoms with Gasteiger partial charge in [-0.3, -0.25) is 0 Å². The van der Waals surface area contributed by atoms with Gasteiger partial charge in [0.15, 0.2) is 0 Å². The van der Waals surface area contributed by atoms with E-state index in [0.29, 0.717) is 0 Å². The van der Waals surface area contributed by atoms with Gasteiger partial charge >= 0.3 is 0 Å². The molecule has 1 heterocycles. The number of hydrogen-bond donors (Lipinski definition) is 1. The summed E-state index contributed by atoms with van der Waals surface area (Å²) >= 11 is 9.76. The summed E-state index contributed by atoms with van der Waals surface area (Å²) in [6, 6.07) is 12.3. The summed E-state index contributed by atoms with van der Waals surface area (Å²) in [7, 11) is 0. The molecule has 0 aliphatic carbocycles. The predicted molar refractivity (Wildman–Crippen MR) is 75.8 cm³/mol. The molecule has 1 aromatic carbocycles. The van der Waals surface area contributed by atoms with Crippen LogP contribution in [0.3, 0.4) is 0 Å². The second-order valence-electron chi connectivity index (χ2n) is 3.07. The van der Waals surface area contributed by atoms with Crippen molar-refractivity contribution < 1.29 is 0 Å². The SMILES string of the molecule is Clc1ccc(CNc2ccc(I)cc2)s1. The van der Waals surface area contributed by atoms with Crippen LogP contribution in [0.5, 0.6) is 0 Å². The molecule has 0 unspecified atom stereocenters. The van der Waals surface area contributed by atoms with Crippen molar-refractivity contribution in [2.45, 2.75) is 6.54 Å². The lowest BCUT2D eigenvalue weighted by molar-refractivity contribution is 1.19. The maximum absolute atomic E-state index is 5.85. The first kappa shape index (κ1) is 11.2. The molecule has 0 saturated heterocycles. The zero-order valence-electron chi connectivity index (χ0n) is 7.84. The normalized spacial score (nSPS) is 10.3. The Morgan fingerprint density at radius 1 is 1.13 bits per heavy atom. The molecule has 1 nitrogen and oxygen atoms in total. The summed E-state index contributed by atoms with van der Waals surface area (Å²) < 4.78 is 2.09. The lowest BCUT2D eigenvalue weighted by Gasteiger charge is -2.04. The number of benzene rings is 1. The molecule has 78 valence electrons. The van der Waals surface area contributed by atoms with Crippen LogP contribution in [0.1, 0.15) is 4.88 Å². The van der Waals surface area contributed by atoms with Gasteiger partial charge < -0.3 is 5.32 Å². The highest BCUT2D eigenvalue weighted by atomic mass is 127. The van der Waals surface area contributed by atoms with E-state index in [9.17, 15) is 0 Å². The maximum atomic E-state index is 5.85. The van der Waals surface area contributed by atoms with Crippen molar-refractivity contribution in [3.8, 4) is 0 Å². The Morgan fingerprint density at radius 3 is 2.47 bits per heavy atom. The molecule has 15 heavy (non-hydrogen) atoms. The van der Waals surface area contributed by atoms with Crippen LogP contribution in [0, 0.1) is 3.57 Å². The molecular formula is C11H9ClINS. The van der Waals surface area contributed by atoms with E-state index in [-0.39, 0.29) is 0 Å². The predicted octanol–water partition coefficient (Wildman–Crippen LogP) is 4.62. The molecule has 0 radical (unpaired) electrons. The summed E-state index contributed by atoms with van der Waals surface area (Å²) in [6.07, 6.45) is 0. The van der Waals surface area contributed by atoms with Crippen molar-refractivity contribution in [3.05, 3.63) is 49.2 Å². The van der Waals surface area contributed by atoms with Crippen LogP contribution in [-0.4, -0.2) is 0 Å². The Labute approximate surface area is 112 Å². The van der Waals surface area contributed by atoms with Crippen molar-refractivity contribution >= 4 is 51.2 Å². The minimum absolute atomic E-state index is 0.831. The highest BCUT2D eigenvalue weighted by Gasteiger charge is 1.97.